The molecule has 1 aromatic rings. The number of hydrogen-bond acceptors (Lipinski definition) is 7. The summed E-state index contributed by atoms with van der Waals surface area (Å²) in [6.45, 7) is 11.2. The maximum Gasteiger partial charge on any atom is 0.300 e. The molecule has 164 valence electrons. The quantitative estimate of drug-likeness (QED) is 0.753. The maximum atomic E-state index is 9.00. The Morgan fingerprint density at radius 3 is 2.21 bits per heavy atom. The molecule has 2 aliphatic rings. The highest BCUT2D eigenvalue weighted by Gasteiger charge is 2.39. The van der Waals surface area contributed by atoms with E-state index in [-0.39, 0.29) is 5.60 Å². The van der Waals surface area contributed by atoms with Crippen molar-refractivity contribution >= 4 is 17.8 Å². The standard InChI is InChI=1S/C16H26N4O.2C2H4O2/c1-4-14-11-15(18-13(2)17-14)20-9-10-21-16(12-20)5-7-19(3)8-6-16;2*1-2(3)4/h11H,4-10,12H2,1-3H3;2*1H3,(H,3,4). The van der Waals surface area contributed by atoms with Crippen molar-refractivity contribution in [3.05, 3.63) is 17.6 Å². The van der Waals surface area contributed by atoms with Gasteiger partial charge in [-0.25, -0.2) is 9.97 Å². The van der Waals surface area contributed by atoms with Crippen LogP contribution in [0.15, 0.2) is 6.07 Å². The van der Waals surface area contributed by atoms with Crippen molar-refractivity contribution in [2.24, 2.45) is 0 Å². The lowest BCUT2D eigenvalue weighted by atomic mass is 9.89. The topological polar surface area (TPSA) is 116 Å². The Balaban J connectivity index is 0.000000452. The normalized spacial score (nSPS) is 18.2. The molecular weight excluding hydrogens is 376 g/mol. The average Bonchev–Trinajstić information content (AvgIpc) is 2.63. The predicted octanol–water partition coefficient (Wildman–Crippen LogP) is 1.83. The maximum absolute atomic E-state index is 9.00. The van der Waals surface area contributed by atoms with Gasteiger partial charge in [-0.3, -0.25) is 9.59 Å². The molecule has 0 aromatic carbocycles. The molecule has 3 rings (SSSR count). The number of anilines is 1. The number of aryl methyl sites for hydroxylation is 2. The number of nitrogens with zero attached hydrogens (tertiary/aromatic N) is 4. The van der Waals surface area contributed by atoms with E-state index in [1.54, 1.807) is 0 Å². The Kier molecular flexibility index (Phi) is 9.97. The van der Waals surface area contributed by atoms with Gasteiger partial charge in [-0.2, -0.15) is 0 Å². The van der Waals surface area contributed by atoms with Crippen LogP contribution in [0.5, 0.6) is 0 Å². The van der Waals surface area contributed by atoms with Crippen molar-refractivity contribution in [2.75, 3.05) is 44.7 Å². The Morgan fingerprint density at radius 2 is 1.69 bits per heavy atom. The van der Waals surface area contributed by atoms with Crippen molar-refractivity contribution in [3.63, 3.8) is 0 Å². The molecule has 1 aromatic heterocycles. The van der Waals surface area contributed by atoms with Crippen LogP contribution < -0.4 is 4.90 Å². The molecule has 0 unspecified atom stereocenters. The van der Waals surface area contributed by atoms with E-state index in [2.05, 4.69) is 39.8 Å². The van der Waals surface area contributed by atoms with E-state index in [0.29, 0.717) is 0 Å². The van der Waals surface area contributed by atoms with Crippen LogP contribution in [0.25, 0.3) is 0 Å². The molecule has 0 radical (unpaired) electrons. The highest BCUT2D eigenvalue weighted by molar-refractivity contribution is 5.63. The zero-order chi connectivity index (χ0) is 22.0. The summed E-state index contributed by atoms with van der Waals surface area (Å²) in [6.07, 6.45) is 3.19. The van der Waals surface area contributed by atoms with Gasteiger partial charge in [0, 0.05) is 51.8 Å². The number of aliphatic carboxylic acids is 2. The number of carbonyl (C=O) groups is 2. The van der Waals surface area contributed by atoms with Crippen LogP contribution in [0.1, 0.15) is 45.1 Å². The summed E-state index contributed by atoms with van der Waals surface area (Å²) in [5.74, 6) is 0.272. The summed E-state index contributed by atoms with van der Waals surface area (Å²) in [7, 11) is 2.19. The Morgan fingerprint density at radius 1 is 1.14 bits per heavy atom. The highest BCUT2D eigenvalue weighted by atomic mass is 16.5. The number of aromatic nitrogens is 2. The SMILES string of the molecule is CC(=O)O.CC(=O)O.CCc1cc(N2CCOC3(CCN(C)CC3)C2)nc(C)n1. The number of ether oxygens (including phenoxy) is 1. The molecule has 0 amide bonds. The summed E-state index contributed by atoms with van der Waals surface area (Å²) < 4.78 is 6.18. The molecular formula is C20H34N4O5. The molecule has 2 fully saturated rings. The monoisotopic (exact) mass is 410 g/mol. The fraction of sp³-hybridized carbons (Fsp3) is 0.700. The molecule has 1 spiro atoms. The van der Waals surface area contributed by atoms with Gasteiger partial charge in [0.2, 0.25) is 0 Å². The van der Waals surface area contributed by atoms with Crippen LogP contribution in [0.3, 0.4) is 0 Å². The van der Waals surface area contributed by atoms with E-state index in [1.807, 2.05) is 6.92 Å². The molecule has 0 saturated carbocycles. The first-order valence-electron chi connectivity index (χ1n) is 9.88. The van der Waals surface area contributed by atoms with Crippen LogP contribution in [-0.4, -0.2) is 82.5 Å². The zero-order valence-corrected chi connectivity index (χ0v) is 18.1. The van der Waals surface area contributed by atoms with E-state index in [9.17, 15) is 0 Å². The third-order valence-corrected chi connectivity index (χ3v) is 4.71. The Labute approximate surface area is 172 Å². The molecule has 2 aliphatic heterocycles. The van der Waals surface area contributed by atoms with E-state index >= 15 is 0 Å². The number of hydrogen-bond donors (Lipinski definition) is 2. The Bertz CT molecular complexity index is 655. The number of carboxylic acid groups (broad SMARTS) is 2. The van der Waals surface area contributed by atoms with Crippen LogP contribution in [0.2, 0.25) is 0 Å². The minimum atomic E-state index is -0.833. The van der Waals surface area contributed by atoms with E-state index in [0.717, 1.165) is 83.2 Å². The number of rotatable bonds is 2. The molecule has 3 heterocycles. The number of morpholine rings is 1. The lowest BCUT2D eigenvalue weighted by Crippen LogP contribution is -2.56. The Hall–Kier alpha value is -2.26. The van der Waals surface area contributed by atoms with Gasteiger partial charge in [0.05, 0.1) is 12.2 Å². The number of likely N-dealkylation sites (tertiary alicyclic amines) is 1. The molecule has 9 nitrogen and oxygen atoms in total. The second-order valence-electron chi connectivity index (χ2n) is 7.41. The summed E-state index contributed by atoms with van der Waals surface area (Å²) >= 11 is 0. The van der Waals surface area contributed by atoms with Crippen LogP contribution in [0.4, 0.5) is 5.82 Å². The predicted molar refractivity (Wildman–Crippen MR) is 110 cm³/mol. The van der Waals surface area contributed by atoms with Crippen molar-refractivity contribution in [1.29, 1.82) is 0 Å². The lowest BCUT2D eigenvalue weighted by molar-refractivity contribution is -0.135. The molecule has 29 heavy (non-hydrogen) atoms. The van der Waals surface area contributed by atoms with Gasteiger partial charge in [-0.15, -0.1) is 0 Å². The fourth-order valence-corrected chi connectivity index (χ4v) is 3.32. The summed E-state index contributed by atoms with van der Waals surface area (Å²) in [4.78, 5) is 31.9. The smallest absolute Gasteiger partial charge is 0.300 e. The molecule has 0 bridgehead atoms. The van der Waals surface area contributed by atoms with Gasteiger partial charge >= 0.3 is 0 Å². The molecule has 0 atom stereocenters. The zero-order valence-electron chi connectivity index (χ0n) is 18.1. The van der Waals surface area contributed by atoms with Crippen molar-refractivity contribution in [1.82, 2.24) is 14.9 Å². The highest BCUT2D eigenvalue weighted by Crippen LogP contribution is 2.31. The van der Waals surface area contributed by atoms with Gasteiger partial charge in [-0.05, 0) is 33.2 Å². The third-order valence-electron chi connectivity index (χ3n) is 4.71. The van der Waals surface area contributed by atoms with Crippen LogP contribution in [0, 0.1) is 6.92 Å². The minimum Gasteiger partial charge on any atom is -0.481 e. The molecule has 2 N–H and O–H groups in total. The first kappa shape index (κ1) is 24.8. The second kappa shape index (κ2) is 11.7. The molecule has 0 aliphatic carbocycles. The largest absolute Gasteiger partial charge is 0.481 e. The summed E-state index contributed by atoms with van der Waals surface area (Å²) in [6, 6.07) is 2.14. The summed E-state index contributed by atoms with van der Waals surface area (Å²) in [5.41, 5.74) is 1.15. The van der Waals surface area contributed by atoms with E-state index in [4.69, 9.17) is 24.5 Å². The average molecular weight is 411 g/mol. The van der Waals surface area contributed by atoms with Gasteiger partial charge in [0.1, 0.15) is 11.6 Å². The van der Waals surface area contributed by atoms with Crippen molar-refractivity contribution < 1.29 is 24.5 Å². The number of carboxylic acids is 2. The van der Waals surface area contributed by atoms with Crippen LogP contribution in [-0.2, 0) is 20.7 Å². The van der Waals surface area contributed by atoms with Gasteiger partial charge in [-0.1, -0.05) is 6.92 Å². The van der Waals surface area contributed by atoms with Crippen molar-refractivity contribution in [2.45, 2.75) is 52.6 Å². The fourth-order valence-electron chi connectivity index (χ4n) is 3.32. The van der Waals surface area contributed by atoms with Crippen LogP contribution >= 0.6 is 0 Å². The minimum absolute atomic E-state index is 0.0238. The van der Waals surface area contributed by atoms with E-state index in [1.165, 1.54) is 0 Å². The van der Waals surface area contributed by atoms with Gasteiger partial charge in [0.25, 0.3) is 11.9 Å². The third kappa shape index (κ3) is 9.19. The van der Waals surface area contributed by atoms with Gasteiger partial charge < -0.3 is 24.7 Å². The van der Waals surface area contributed by atoms with Crippen molar-refractivity contribution in [3.8, 4) is 0 Å². The number of piperidine rings is 1. The molecule has 2 saturated heterocycles. The first-order chi connectivity index (χ1) is 13.6. The lowest BCUT2D eigenvalue weighted by Gasteiger charge is -2.47. The van der Waals surface area contributed by atoms with Gasteiger partial charge in [0.15, 0.2) is 0 Å². The second-order valence-corrected chi connectivity index (χ2v) is 7.41. The molecule has 9 heteroatoms. The summed E-state index contributed by atoms with van der Waals surface area (Å²) in [5, 5.41) is 14.8. The van der Waals surface area contributed by atoms with E-state index < -0.39 is 11.9 Å². The first-order valence-corrected chi connectivity index (χ1v) is 9.88.